The third-order valence-electron chi connectivity index (χ3n) is 10.5. The van der Waals surface area contributed by atoms with E-state index < -0.39 is 54.6 Å². The molecule has 306 valence electrons. The number of aliphatic carboxylic acids is 1. The molecule has 4 aromatic rings. The van der Waals surface area contributed by atoms with Crippen LogP contribution in [0.2, 0.25) is 5.02 Å². The lowest BCUT2D eigenvalue weighted by Crippen LogP contribution is -2.53. The van der Waals surface area contributed by atoms with Crippen LogP contribution in [0.1, 0.15) is 33.4 Å². The smallest absolute Gasteiger partial charge is 0.338 e. The Morgan fingerprint density at radius 1 is 1.03 bits per heavy atom. The number of carbonyl (C=O) groups excluding carboxylic acids is 3. The quantitative estimate of drug-likeness (QED) is 0.187. The van der Waals surface area contributed by atoms with E-state index in [4.69, 9.17) is 26.1 Å². The molecule has 8 rings (SSSR count). The SMILES string of the molecule is COC(=O)C1=C(CN2CCN3C(=O)N(c4ccc(Oc5ccc(C(=O)N6CC(F)(F)C[C@H]6C(=O)O)cc5)cc4)C[C@@H]3C2)NC(c2nccs2)=N[C@H]1c1ccc(F)cc1Cl. The van der Waals surface area contributed by atoms with Crippen LogP contribution in [0.15, 0.2) is 94.6 Å². The highest BCUT2D eigenvalue weighted by Gasteiger charge is 2.50. The molecule has 3 atom stereocenters. The fraction of sp³-hybridized carbons (Fsp3) is 0.300. The van der Waals surface area contributed by atoms with E-state index in [2.05, 4.69) is 15.2 Å². The van der Waals surface area contributed by atoms with Gasteiger partial charge in [0.05, 0.1) is 25.3 Å². The number of rotatable bonds is 10. The molecule has 3 fully saturated rings. The second-order valence-electron chi connectivity index (χ2n) is 14.3. The van der Waals surface area contributed by atoms with Gasteiger partial charge in [-0.1, -0.05) is 17.7 Å². The number of alkyl halides is 2. The van der Waals surface area contributed by atoms with Crippen molar-refractivity contribution in [2.45, 2.75) is 30.5 Å². The molecular weight excluding hydrogens is 815 g/mol. The van der Waals surface area contributed by atoms with Crippen molar-refractivity contribution in [2.24, 2.45) is 4.99 Å². The number of fused-ring (bicyclic) bond motifs is 1. The van der Waals surface area contributed by atoms with Gasteiger partial charge in [-0.15, -0.1) is 11.3 Å². The lowest BCUT2D eigenvalue weighted by atomic mass is 9.95. The van der Waals surface area contributed by atoms with Gasteiger partial charge in [-0.05, 0) is 60.7 Å². The van der Waals surface area contributed by atoms with Gasteiger partial charge in [-0.3, -0.25) is 19.6 Å². The molecule has 2 N–H and O–H groups in total. The van der Waals surface area contributed by atoms with Gasteiger partial charge < -0.3 is 29.7 Å². The average Bonchev–Trinajstić information content (AvgIpc) is 3.95. The molecule has 0 radical (unpaired) electrons. The molecule has 14 nitrogen and oxygen atoms in total. The van der Waals surface area contributed by atoms with Gasteiger partial charge in [-0.2, -0.15) is 0 Å². The number of likely N-dealkylation sites (tertiary alicyclic amines) is 1. The largest absolute Gasteiger partial charge is 0.480 e. The molecule has 5 heterocycles. The Morgan fingerprint density at radius 3 is 2.42 bits per heavy atom. The van der Waals surface area contributed by atoms with Crippen molar-refractivity contribution < 1.29 is 46.9 Å². The van der Waals surface area contributed by atoms with Crippen LogP contribution in [-0.4, -0.2) is 119 Å². The number of urea groups is 1. The number of anilines is 1. The van der Waals surface area contributed by atoms with E-state index >= 15 is 0 Å². The van der Waals surface area contributed by atoms with Crippen molar-refractivity contribution in [3.8, 4) is 11.5 Å². The lowest BCUT2D eigenvalue weighted by molar-refractivity contribution is -0.141. The molecule has 59 heavy (non-hydrogen) atoms. The molecule has 0 saturated carbocycles. The molecule has 3 amide bonds. The predicted molar refractivity (Wildman–Crippen MR) is 210 cm³/mol. The summed E-state index contributed by atoms with van der Waals surface area (Å²) in [6.07, 6.45) is 0.701. The minimum absolute atomic E-state index is 0.0447. The Kier molecular flexibility index (Phi) is 10.8. The van der Waals surface area contributed by atoms with E-state index in [9.17, 15) is 37.5 Å². The fourth-order valence-corrected chi connectivity index (χ4v) is 8.59. The third-order valence-corrected chi connectivity index (χ3v) is 11.7. The van der Waals surface area contributed by atoms with E-state index in [0.29, 0.717) is 70.4 Å². The maximum atomic E-state index is 14.1. The Labute approximate surface area is 344 Å². The molecule has 19 heteroatoms. The summed E-state index contributed by atoms with van der Waals surface area (Å²) in [5, 5.41) is 15.2. The Bertz CT molecular complexity index is 2370. The number of aliphatic imine (C=N–C) groups is 1. The Hall–Kier alpha value is -5.98. The van der Waals surface area contributed by atoms with Crippen molar-refractivity contribution in [3.63, 3.8) is 0 Å². The second-order valence-corrected chi connectivity index (χ2v) is 15.6. The standard InChI is InChI=1S/C40H35ClF3N7O7S/c1-57-38(55)32-30(46-34(35-45-12-15-59-35)47-33(32)28-11-4-23(42)16-29(28)41)20-48-13-14-49-25(18-48)19-50(39(49)56)24-5-9-27(10-6-24)58-26-7-2-22(3-8-26)36(52)51-21-40(43,44)17-31(51)37(53)54/h2-12,15-16,25,31,33H,13-14,17-21H2,1H3,(H,46,47)(H,53,54)/t25-,31-,33-/m0/s1. The lowest BCUT2D eigenvalue weighted by Gasteiger charge is -2.38. The molecule has 4 aliphatic rings. The predicted octanol–water partition coefficient (Wildman–Crippen LogP) is 5.81. The van der Waals surface area contributed by atoms with E-state index in [1.807, 2.05) is 4.90 Å². The van der Waals surface area contributed by atoms with Gasteiger partial charge >= 0.3 is 18.0 Å². The highest BCUT2D eigenvalue weighted by molar-refractivity contribution is 7.11. The average molecular weight is 850 g/mol. The zero-order valence-corrected chi connectivity index (χ0v) is 32.8. The maximum Gasteiger partial charge on any atom is 0.338 e. The first kappa shape index (κ1) is 39.8. The van der Waals surface area contributed by atoms with Gasteiger partial charge in [-0.25, -0.2) is 32.5 Å². The summed E-state index contributed by atoms with van der Waals surface area (Å²) in [5.74, 6) is -5.54. The first-order valence-corrected chi connectivity index (χ1v) is 19.7. The van der Waals surface area contributed by atoms with Crippen LogP contribution >= 0.6 is 22.9 Å². The van der Waals surface area contributed by atoms with Gasteiger partial charge in [0, 0.05) is 78.3 Å². The van der Waals surface area contributed by atoms with E-state index in [-0.39, 0.29) is 34.8 Å². The summed E-state index contributed by atoms with van der Waals surface area (Å²) in [7, 11) is 1.28. The number of piperazine rings is 1. The Balaban J connectivity index is 0.938. The van der Waals surface area contributed by atoms with Crippen molar-refractivity contribution in [1.29, 1.82) is 0 Å². The number of carboxylic acids is 1. The van der Waals surface area contributed by atoms with Crippen LogP contribution in [0.4, 0.5) is 23.7 Å². The number of methoxy groups -OCH3 is 1. The highest BCUT2D eigenvalue weighted by Crippen LogP contribution is 2.38. The molecule has 3 aromatic carbocycles. The molecule has 0 bridgehead atoms. The van der Waals surface area contributed by atoms with Gasteiger partial charge in [0.15, 0.2) is 10.8 Å². The van der Waals surface area contributed by atoms with Crippen molar-refractivity contribution in [3.05, 3.63) is 117 Å². The summed E-state index contributed by atoms with van der Waals surface area (Å²) >= 11 is 7.86. The number of hydrogen-bond donors (Lipinski definition) is 2. The zero-order valence-electron chi connectivity index (χ0n) is 31.2. The summed E-state index contributed by atoms with van der Waals surface area (Å²) in [4.78, 5) is 67.0. The minimum atomic E-state index is -3.29. The van der Waals surface area contributed by atoms with Crippen LogP contribution < -0.4 is 15.0 Å². The number of hydrogen-bond acceptors (Lipinski definition) is 11. The summed E-state index contributed by atoms with van der Waals surface area (Å²) < 4.78 is 53.1. The maximum absolute atomic E-state index is 14.1. The molecule has 0 spiro atoms. The highest BCUT2D eigenvalue weighted by atomic mass is 35.5. The number of benzene rings is 3. The number of carboxylic acid groups (broad SMARTS) is 1. The second kappa shape index (κ2) is 16.0. The van der Waals surface area contributed by atoms with Crippen LogP contribution in [0.5, 0.6) is 11.5 Å². The molecule has 0 aliphatic carbocycles. The van der Waals surface area contributed by atoms with Crippen molar-refractivity contribution >= 4 is 58.3 Å². The number of amidine groups is 1. The first-order valence-electron chi connectivity index (χ1n) is 18.4. The number of esters is 1. The number of carbonyl (C=O) groups is 4. The topological polar surface area (TPSA) is 157 Å². The normalized spacial score (nSPS) is 21.6. The van der Waals surface area contributed by atoms with E-state index in [1.165, 1.54) is 60.9 Å². The minimum Gasteiger partial charge on any atom is -0.480 e. The molecule has 3 saturated heterocycles. The molecule has 0 unspecified atom stereocenters. The number of ether oxygens (including phenoxy) is 2. The van der Waals surface area contributed by atoms with E-state index in [1.54, 1.807) is 40.7 Å². The van der Waals surface area contributed by atoms with Crippen LogP contribution in [0.3, 0.4) is 0 Å². The van der Waals surface area contributed by atoms with Crippen LogP contribution in [0.25, 0.3) is 0 Å². The molecular formula is C40H35ClF3N7O7S. The number of nitrogens with one attached hydrogen (secondary N) is 1. The Morgan fingerprint density at radius 2 is 1.76 bits per heavy atom. The summed E-state index contributed by atoms with van der Waals surface area (Å²) in [6, 6.07) is 13.7. The van der Waals surface area contributed by atoms with E-state index in [0.717, 1.165) is 0 Å². The summed E-state index contributed by atoms with van der Waals surface area (Å²) in [6.45, 7) is 1.12. The first-order chi connectivity index (χ1) is 28.3. The monoisotopic (exact) mass is 849 g/mol. The zero-order chi connectivity index (χ0) is 41.6. The van der Waals surface area contributed by atoms with Crippen LogP contribution in [-0.2, 0) is 14.3 Å². The fourth-order valence-electron chi connectivity index (χ4n) is 7.74. The van der Waals surface area contributed by atoms with Gasteiger partial charge in [0.1, 0.15) is 29.4 Å². The number of nitrogens with zero attached hydrogens (tertiary/aromatic N) is 6. The number of amides is 3. The molecule has 1 aromatic heterocycles. The molecule has 4 aliphatic heterocycles. The number of thiazole rings is 1. The number of aromatic nitrogens is 1. The van der Waals surface area contributed by atoms with Crippen molar-refractivity contribution in [2.75, 3.05) is 51.3 Å². The van der Waals surface area contributed by atoms with Crippen LogP contribution in [0, 0.1) is 5.82 Å². The summed E-state index contributed by atoms with van der Waals surface area (Å²) in [5.41, 5.74) is 1.87. The number of halogens is 4. The van der Waals surface area contributed by atoms with Gasteiger partial charge in [0.2, 0.25) is 0 Å². The van der Waals surface area contributed by atoms with Gasteiger partial charge in [0.25, 0.3) is 11.8 Å². The third kappa shape index (κ3) is 8.07. The van der Waals surface area contributed by atoms with Crippen molar-refractivity contribution in [1.82, 2.24) is 25.0 Å².